The van der Waals surface area contributed by atoms with Crippen LogP contribution < -0.4 is 10.4 Å². The maximum atomic E-state index is 14.1. The number of rotatable bonds is 8. The molecule has 4 aromatic rings. The van der Waals surface area contributed by atoms with Crippen LogP contribution >= 0.6 is 0 Å². The molecule has 1 aliphatic heterocycles. The number of fused-ring (bicyclic) bond motifs is 1. The van der Waals surface area contributed by atoms with Crippen molar-refractivity contribution in [3.63, 3.8) is 0 Å². The molecule has 14 heteroatoms. The van der Waals surface area contributed by atoms with Gasteiger partial charge >= 0.3 is 12.7 Å². The average Bonchev–Trinajstić information content (AvgIpc) is 3.57. The Labute approximate surface area is 237 Å². The number of nitrogens with one attached hydrogen (secondary N) is 1. The van der Waals surface area contributed by atoms with Crippen molar-refractivity contribution in [1.82, 2.24) is 28.8 Å². The molecule has 0 unspecified atom stereocenters. The Kier molecular flexibility index (Phi) is 7.64. The lowest BCUT2D eigenvalue weighted by Gasteiger charge is -2.34. The molecule has 0 saturated heterocycles. The number of hydrogen-bond acceptors (Lipinski definition) is 5. The molecule has 1 amide bonds. The average molecular weight is 590 g/mol. The highest BCUT2D eigenvalue weighted by Gasteiger charge is 2.39. The van der Waals surface area contributed by atoms with E-state index in [4.69, 9.17) is 10.1 Å². The Hall–Kier alpha value is -4.49. The zero-order valence-corrected chi connectivity index (χ0v) is 23.0. The number of aromatic nitrogens is 5. The van der Waals surface area contributed by atoms with Crippen molar-refractivity contribution in [1.29, 1.82) is 5.41 Å². The van der Waals surface area contributed by atoms with Crippen LogP contribution in [0.1, 0.15) is 59.3 Å². The van der Waals surface area contributed by atoms with E-state index in [1.165, 1.54) is 34.8 Å². The molecule has 9 nitrogen and oxygen atoms in total. The third-order valence-corrected chi connectivity index (χ3v) is 7.42. The topological polar surface area (TPSA) is 94.0 Å². The number of nitrogens with zero attached hydrogens (tertiary/aromatic N) is 6. The predicted molar refractivity (Wildman–Crippen MR) is 141 cm³/mol. The van der Waals surface area contributed by atoms with Gasteiger partial charge in [-0.1, -0.05) is 0 Å². The molecule has 0 fully saturated rings. The minimum atomic E-state index is -4.76. The number of carbonyl (C=O) groups excluding carboxylic acids is 1. The SMILES string of the molecule is CCn1cc(-c2cc(Cn3ccn(C(F)F)c3=N)cc3c2CCN([C@@H](C)c2cc(OC)ccn2)C3=O)c(C(F)(F)F)n1. The van der Waals surface area contributed by atoms with Gasteiger partial charge in [-0.05, 0) is 55.2 Å². The van der Waals surface area contributed by atoms with Crippen LogP contribution in [0.4, 0.5) is 22.0 Å². The van der Waals surface area contributed by atoms with Crippen molar-refractivity contribution in [2.24, 2.45) is 0 Å². The van der Waals surface area contributed by atoms with Crippen LogP contribution in [0.25, 0.3) is 11.1 Å². The first kappa shape index (κ1) is 29.0. The molecule has 1 N–H and O–H groups in total. The molecule has 0 radical (unpaired) electrons. The fourth-order valence-electron chi connectivity index (χ4n) is 5.24. The van der Waals surface area contributed by atoms with Gasteiger partial charge in [0.05, 0.1) is 25.4 Å². The minimum absolute atomic E-state index is 0.123. The second-order valence-electron chi connectivity index (χ2n) is 9.89. The van der Waals surface area contributed by atoms with Crippen LogP contribution in [0, 0.1) is 5.41 Å². The summed E-state index contributed by atoms with van der Waals surface area (Å²) < 4.78 is 77.1. The number of alkyl halides is 5. The molecule has 5 rings (SSSR count). The van der Waals surface area contributed by atoms with Gasteiger partial charge in [0, 0.05) is 55.1 Å². The molecule has 1 aliphatic rings. The van der Waals surface area contributed by atoms with Crippen LogP contribution in [0.5, 0.6) is 5.75 Å². The highest BCUT2D eigenvalue weighted by molar-refractivity contribution is 5.99. The Balaban J connectivity index is 1.64. The number of benzene rings is 1. The lowest BCUT2D eigenvalue weighted by molar-refractivity contribution is -0.141. The minimum Gasteiger partial charge on any atom is -0.497 e. The molecule has 1 aromatic carbocycles. The second kappa shape index (κ2) is 11.1. The lowest BCUT2D eigenvalue weighted by atomic mass is 9.87. The lowest BCUT2D eigenvalue weighted by Crippen LogP contribution is -2.40. The summed E-state index contributed by atoms with van der Waals surface area (Å²) in [6.45, 7) is 0.832. The summed E-state index contributed by atoms with van der Waals surface area (Å²) in [5.74, 6) is 0.155. The summed E-state index contributed by atoms with van der Waals surface area (Å²) >= 11 is 0. The van der Waals surface area contributed by atoms with Gasteiger partial charge in [0.1, 0.15) is 5.75 Å². The molecular weight excluding hydrogens is 561 g/mol. The molecule has 1 atom stereocenters. The highest BCUT2D eigenvalue weighted by atomic mass is 19.4. The van der Waals surface area contributed by atoms with Crippen molar-refractivity contribution in [3.8, 4) is 16.9 Å². The molecule has 0 bridgehead atoms. The standard InChI is InChI=1S/C28H28F5N7O2/c1-4-38-15-22(24(36-38)28(31,32)33)20-11-17(14-37-9-10-40(26(29)30)27(37)34)12-21-19(20)6-8-39(25(21)41)16(2)23-13-18(42-3)5-7-35-23/h5,7,9-13,15-16,26,34H,4,6,8,14H2,1-3H3/t16-/m0/s1. The number of ether oxygens (including phenoxy) is 1. The number of imidazole rings is 1. The van der Waals surface area contributed by atoms with Crippen molar-refractivity contribution >= 4 is 5.91 Å². The van der Waals surface area contributed by atoms with E-state index < -0.39 is 36.0 Å². The number of pyridine rings is 1. The van der Waals surface area contributed by atoms with Gasteiger partial charge in [0.15, 0.2) is 5.69 Å². The third-order valence-electron chi connectivity index (χ3n) is 7.42. The van der Waals surface area contributed by atoms with Crippen LogP contribution in [0.2, 0.25) is 0 Å². The van der Waals surface area contributed by atoms with E-state index in [1.807, 2.05) is 0 Å². The normalized spacial score (nSPS) is 14.4. The fraction of sp³-hybridized carbons (Fsp3) is 0.357. The van der Waals surface area contributed by atoms with E-state index in [0.717, 1.165) is 6.20 Å². The maximum Gasteiger partial charge on any atom is 0.435 e. The van der Waals surface area contributed by atoms with Gasteiger partial charge in [0.25, 0.3) is 5.91 Å². The maximum absolute atomic E-state index is 14.1. The first-order valence-electron chi connectivity index (χ1n) is 13.1. The van der Waals surface area contributed by atoms with E-state index in [1.54, 1.807) is 43.1 Å². The van der Waals surface area contributed by atoms with Gasteiger partial charge in [0.2, 0.25) is 5.62 Å². The van der Waals surface area contributed by atoms with E-state index >= 15 is 0 Å². The number of carbonyl (C=O) groups is 1. The first-order valence-corrected chi connectivity index (χ1v) is 13.1. The molecule has 0 spiro atoms. The van der Waals surface area contributed by atoms with Gasteiger partial charge in [-0.25, -0.2) is 0 Å². The molecule has 3 aromatic heterocycles. The number of methoxy groups -OCH3 is 1. The molecule has 0 saturated carbocycles. The van der Waals surface area contributed by atoms with Crippen molar-refractivity contribution in [3.05, 3.63) is 82.7 Å². The Bertz CT molecular complexity index is 1690. The molecule has 4 heterocycles. The Morgan fingerprint density at radius 3 is 2.50 bits per heavy atom. The number of aryl methyl sites for hydroxylation is 1. The zero-order valence-electron chi connectivity index (χ0n) is 23.0. The van der Waals surface area contributed by atoms with Gasteiger partial charge in [-0.3, -0.25) is 24.4 Å². The summed E-state index contributed by atoms with van der Waals surface area (Å²) in [6.07, 6.45) is 0.710. The largest absolute Gasteiger partial charge is 0.497 e. The van der Waals surface area contributed by atoms with Gasteiger partial charge in [-0.15, -0.1) is 0 Å². The highest BCUT2D eigenvalue weighted by Crippen LogP contribution is 2.41. The predicted octanol–water partition coefficient (Wildman–Crippen LogP) is 5.28. The van der Waals surface area contributed by atoms with Crippen LogP contribution in [-0.4, -0.2) is 48.4 Å². The summed E-state index contributed by atoms with van der Waals surface area (Å²) in [4.78, 5) is 19.9. The molecule has 222 valence electrons. The summed E-state index contributed by atoms with van der Waals surface area (Å²) in [5.41, 5.74) is 0.0230. The second-order valence-corrected chi connectivity index (χ2v) is 9.89. The quantitative estimate of drug-likeness (QED) is 0.283. The van der Waals surface area contributed by atoms with Crippen molar-refractivity contribution in [2.45, 2.75) is 52.1 Å². The van der Waals surface area contributed by atoms with E-state index in [2.05, 4.69) is 10.1 Å². The third kappa shape index (κ3) is 5.28. The monoisotopic (exact) mass is 589 g/mol. The summed E-state index contributed by atoms with van der Waals surface area (Å²) in [6, 6.07) is 5.99. The van der Waals surface area contributed by atoms with Crippen LogP contribution in [0.15, 0.2) is 49.1 Å². The van der Waals surface area contributed by atoms with Crippen LogP contribution in [0.3, 0.4) is 0 Å². The molecule has 42 heavy (non-hydrogen) atoms. The smallest absolute Gasteiger partial charge is 0.435 e. The van der Waals surface area contributed by atoms with E-state index in [-0.39, 0.29) is 42.7 Å². The summed E-state index contributed by atoms with van der Waals surface area (Å²) in [7, 11) is 1.51. The fourth-order valence-corrected chi connectivity index (χ4v) is 5.24. The number of halogens is 5. The van der Waals surface area contributed by atoms with Gasteiger partial charge < -0.3 is 14.2 Å². The van der Waals surface area contributed by atoms with Crippen LogP contribution in [-0.2, 0) is 25.7 Å². The van der Waals surface area contributed by atoms with E-state index in [9.17, 15) is 26.7 Å². The van der Waals surface area contributed by atoms with Gasteiger partial charge in [-0.2, -0.15) is 27.1 Å². The Morgan fingerprint density at radius 1 is 1.12 bits per heavy atom. The van der Waals surface area contributed by atoms with E-state index in [0.29, 0.717) is 27.1 Å². The summed E-state index contributed by atoms with van der Waals surface area (Å²) in [5, 5.41) is 11.9. The first-order chi connectivity index (χ1) is 19.9. The van der Waals surface area contributed by atoms with Crippen molar-refractivity contribution < 1.29 is 31.5 Å². The molecule has 0 aliphatic carbocycles. The zero-order chi connectivity index (χ0) is 30.3. The Morgan fingerprint density at radius 2 is 1.86 bits per heavy atom. The number of hydrogen-bond donors (Lipinski definition) is 1. The molecular formula is C28H28F5N7O2. The number of amides is 1. The van der Waals surface area contributed by atoms with Crippen molar-refractivity contribution in [2.75, 3.05) is 13.7 Å².